The van der Waals surface area contributed by atoms with E-state index in [4.69, 9.17) is 11.6 Å². The molecule has 0 radical (unpaired) electrons. The van der Waals surface area contributed by atoms with Crippen molar-refractivity contribution in [2.45, 2.75) is 25.7 Å². The van der Waals surface area contributed by atoms with Crippen molar-refractivity contribution >= 4 is 23.2 Å². The number of piperidine rings is 1. The van der Waals surface area contributed by atoms with Gasteiger partial charge in [-0.1, -0.05) is 29.8 Å². The van der Waals surface area contributed by atoms with Crippen LogP contribution in [-0.4, -0.2) is 24.0 Å². The van der Waals surface area contributed by atoms with Gasteiger partial charge in [0.2, 0.25) is 0 Å². The molecule has 0 aliphatic carbocycles. The van der Waals surface area contributed by atoms with Crippen molar-refractivity contribution in [1.29, 1.82) is 0 Å². The maximum Gasteiger partial charge on any atom is 0.255 e. The molecule has 0 unspecified atom stereocenters. The van der Waals surface area contributed by atoms with Gasteiger partial charge in [-0.3, -0.25) is 4.79 Å². The number of benzene rings is 1. The van der Waals surface area contributed by atoms with Crippen LogP contribution in [0.15, 0.2) is 36.5 Å². The normalized spacial score (nSPS) is 15.4. The number of carbonyl (C=O) groups is 1. The highest BCUT2D eigenvalue weighted by Gasteiger charge is 2.20. The van der Waals surface area contributed by atoms with Crippen molar-refractivity contribution in [1.82, 2.24) is 10.3 Å². The molecular formula is C18H20ClN3O. The fourth-order valence-corrected chi connectivity index (χ4v) is 3.24. The Balaban J connectivity index is 1.88. The summed E-state index contributed by atoms with van der Waals surface area (Å²) in [6, 6.07) is 9.46. The summed E-state index contributed by atoms with van der Waals surface area (Å²) in [5.41, 5.74) is 3.75. The first-order valence-corrected chi connectivity index (χ1v) is 8.26. The fourth-order valence-electron chi connectivity index (χ4n) is 3.06. The summed E-state index contributed by atoms with van der Waals surface area (Å²) in [6.07, 6.45) is 3.73. The summed E-state index contributed by atoms with van der Waals surface area (Å²) in [7, 11) is 0. The summed E-state index contributed by atoms with van der Waals surface area (Å²) < 4.78 is 0. The van der Waals surface area contributed by atoms with Crippen molar-refractivity contribution < 1.29 is 4.79 Å². The van der Waals surface area contributed by atoms with E-state index < -0.39 is 0 Å². The van der Waals surface area contributed by atoms with E-state index in [-0.39, 0.29) is 5.91 Å². The number of rotatable bonds is 3. The molecule has 4 nitrogen and oxygen atoms in total. The average Bonchev–Trinajstić information content (AvgIpc) is 2.57. The third-order valence-electron chi connectivity index (χ3n) is 4.31. The van der Waals surface area contributed by atoms with Crippen molar-refractivity contribution in [3.8, 4) is 0 Å². The number of amides is 1. The second-order valence-electron chi connectivity index (χ2n) is 5.88. The maximum atomic E-state index is 12.5. The minimum atomic E-state index is -0.154. The van der Waals surface area contributed by atoms with Crippen molar-refractivity contribution in [2.24, 2.45) is 0 Å². The van der Waals surface area contributed by atoms with Gasteiger partial charge in [-0.25, -0.2) is 4.98 Å². The van der Waals surface area contributed by atoms with Gasteiger partial charge in [0.1, 0.15) is 5.15 Å². The average molecular weight is 330 g/mol. The summed E-state index contributed by atoms with van der Waals surface area (Å²) in [6.45, 7) is 4.07. The van der Waals surface area contributed by atoms with Gasteiger partial charge in [-0.2, -0.15) is 0 Å². The van der Waals surface area contributed by atoms with Gasteiger partial charge in [-0.15, -0.1) is 0 Å². The quantitative estimate of drug-likeness (QED) is 0.843. The molecule has 1 aliphatic heterocycles. The maximum absolute atomic E-state index is 12.5. The van der Waals surface area contributed by atoms with Crippen LogP contribution >= 0.6 is 11.6 Å². The molecule has 1 fully saturated rings. The third-order valence-corrected chi connectivity index (χ3v) is 4.52. The van der Waals surface area contributed by atoms with Crippen LogP contribution in [0.3, 0.4) is 0 Å². The molecule has 1 aliphatic rings. The lowest BCUT2D eigenvalue weighted by Gasteiger charge is -2.26. The number of nitrogens with one attached hydrogen (secondary N) is 2. The Morgan fingerprint density at radius 3 is 2.83 bits per heavy atom. The van der Waals surface area contributed by atoms with E-state index in [1.807, 2.05) is 13.0 Å². The number of nitrogens with zero attached hydrogens (tertiary/aromatic N) is 1. The molecule has 2 N–H and O–H groups in total. The lowest BCUT2D eigenvalue weighted by atomic mass is 9.88. The highest BCUT2D eigenvalue weighted by atomic mass is 35.5. The van der Waals surface area contributed by atoms with E-state index in [0.717, 1.165) is 37.2 Å². The summed E-state index contributed by atoms with van der Waals surface area (Å²) >= 11 is 5.88. The number of halogens is 1. The van der Waals surface area contributed by atoms with E-state index in [1.165, 1.54) is 5.56 Å². The van der Waals surface area contributed by atoms with Crippen molar-refractivity contribution in [3.63, 3.8) is 0 Å². The SMILES string of the molecule is Cc1cccc(C2CCNCC2)c1NC(=O)c1ccnc(Cl)c1. The first kappa shape index (κ1) is 16.0. The number of hydrogen-bond donors (Lipinski definition) is 2. The lowest BCUT2D eigenvalue weighted by Crippen LogP contribution is -2.27. The molecule has 120 valence electrons. The summed E-state index contributed by atoms with van der Waals surface area (Å²) in [5.74, 6) is 0.325. The molecule has 5 heteroatoms. The number of para-hydroxylation sites is 1. The fraction of sp³-hybridized carbons (Fsp3) is 0.333. The van der Waals surface area contributed by atoms with Gasteiger partial charge in [0.15, 0.2) is 0 Å². The molecule has 0 atom stereocenters. The van der Waals surface area contributed by atoms with Crippen LogP contribution in [-0.2, 0) is 0 Å². The second-order valence-corrected chi connectivity index (χ2v) is 6.27. The Kier molecular flexibility index (Phi) is 4.94. The van der Waals surface area contributed by atoms with Crippen LogP contribution in [0, 0.1) is 6.92 Å². The number of anilines is 1. The largest absolute Gasteiger partial charge is 0.321 e. The topological polar surface area (TPSA) is 54.0 Å². The molecule has 3 rings (SSSR count). The van der Waals surface area contributed by atoms with Crippen LogP contribution in [0.25, 0.3) is 0 Å². The van der Waals surface area contributed by atoms with Gasteiger partial charge in [0, 0.05) is 17.4 Å². The van der Waals surface area contributed by atoms with Gasteiger partial charge < -0.3 is 10.6 Å². The standard InChI is InChI=1S/C18H20ClN3O/c1-12-3-2-4-15(13-5-8-20-9-6-13)17(12)22-18(23)14-7-10-21-16(19)11-14/h2-4,7,10-11,13,20H,5-6,8-9H2,1H3,(H,22,23). The first-order chi connectivity index (χ1) is 11.1. The van der Waals surface area contributed by atoms with Crippen LogP contribution in [0.5, 0.6) is 0 Å². The Morgan fingerprint density at radius 2 is 2.09 bits per heavy atom. The smallest absolute Gasteiger partial charge is 0.255 e. The molecule has 1 saturated heterocycles. The lowest BCUT2D eigenvalue weighted by molar-refractivity contribution is 0.102. The predicted molar refractivity (Wildman–Crippen MR) is 93.2 cm³/mol. The third kappa shape index (κ3) is 3.71. The zero-order valence-corrected chi connectivity index (χ0v) is 13.9. The van der Waals surface area contributed by atoms with E-state index in [0.29, 0.717) is 16.6 Å². The van der Waals surface area contributed by atoms with E-state index in [1.54, 1.807) is 18.3 Å². The Labute approximate surface area is 141 Å². The van der Waals surface area contributed by atoms with Crippen molar-refractivity contribution in [3.05, 3.63) is 58.4 Å². The molecule has 0 bridgehead atoms. The number of carbonyl (C=O) groups excluding carboxylic acids is 1. The molecule has 1 amide bonds. The highest BCUT2D eigenvalue weighted by molar-refractivity contribution is 6.29. The van der Waals surface area contributed by atoms with E-state index in [2.05, 4.69) is 27.8 Å². The minimum absolute atomic E-state index is 0.154. The summed E-state index contributed by atoms with van der Waals surface area (Å²) in [5, 5.41) is 6.78. The van der Waals surface area contributed by atoms with Gasteiger partial charge >= 0.3 is 0 Å². The first-order valence-electron chi connectivity index (χ1n) is 7.88. The zero-order valence-electron chi connectivity index (χ0n) is 13.1. The molecule has 2 aromatic rings. The van der Waals surface area contributed by atoms with Crippen LogP contribution < -0.4 is 10.6 Å². The summed E-state index contributed by atoms with van der Waals surface area (Å²) in [4.78, 5) is 16.5. The van der Waals surface area contributed by atoms with E-state index >= 15 is 0 Å². The number of aromatic nitrogens is 1. The molecule has 1 aromatic carbocycles. The molecule has 1 aromatic heterocycles. The van der Waals surface area contributed by atoms with Gasteiger partial charge in [0.05, 0.1) is 0 Å². The van der Waals surface area contributed by atoms with Crippen LogP contribution in [0.2, 0.25) is 5.15 Å². The van der Waals surface area contributed by atoms with Crippen LogP contribution in [0.1, 0.15) is 40.2 Å². The predicted octanol–water partition coefficient (Wildman–Crippen LogP) is 3.76. The number of pyridine rings is 1. The minimum Gasteiger partial charge on any atom is -0.321 e. The monoisotopic (exact) mass is 329 g/mol. The van der Waals surface area contributed by atoms with Gasteiger partial charge in [-0.05, 0) is 62.0 Å². The van der Waals surface area contributed by atoms with Gasteiger partial charge in [0.25, 0.3) is 5.91 Å². The second kappa shape index (κ2) is 7.11. The zero-order chi connectivity index (χ0) is 16.2. The molecular weight excluding hydrogens is 310 g/mol. The Bertz CT molecular complexity index is 711. The van der Waals surface area contributed by atoms with E-state index in [9.17, 15) is 4.79 Å². The molecule has 23 heavy (non-hydrogen) atoms. The number of aryl methyl sites for hydroxylation is 1. The molecule has 0 spiro atoms. The van der Waals surface area contributed by atoms with Crippen LogP contribution in [0.4, 0.5) is 5.69 Å². The Hall–Kier alpha value is -1.91. The number of hydrogen-bond acceptors (Lipinski definition) is 3. The Morgan fingerprint density at radius 1 is 1.30 bits per heavy atom. The molecule has 0 saturated carbocycles. The van der Waals surface area contributed by atoms with Crippen molar-refractivity contribution in [2.75, 3.05) is 18.4 Å². The molecule has 2 heterocycles. The highest BCUT2D eigenvalue weighted by Crippen LogP contribution is 2.33.